The molecule has 13 heavy (non-hydrogen) atoms. The lowest BCUT2D eigenvalue weighted by Crippen LogP contribution is -2.24. The second kappa shape index (κ2) is 5.29. The van der Waals surface area contributed by atoms with Gasteiger partial charge in [-0.3, -0.25) is 0 Å². The Balaban J connectivity index is 2.31. The predicted molar refractivity (Wildman–Crippen MR) is 59.1 cm³/mol. The zero-order valence-electron chi connectivity index (χ0n) is 7.51. The Morgan fingerprint density at radius 1 is 1.69 bits per heavy atom. The first-order valence-corrected chi connectivity index (χ1v) is 5.33. The number of rotatable bonds is 4. The predicted octanol–water partition coefficient (Wildman–Crippen LogP) is 2.90. The van der Waals surface area contributed by atoms with Gasteiger partial charge in [0.25, 0.3) is 0 Å². The van der Waals surface area contributed by atoms with Crippen LogP contribution in [0.5, 0.6) is 0 Å². The lowest BCUT2D eigenvalue weighted by atomic mass is 10.2. The fourth-order valence-corrected chi connectivity index (χ4v) is 2.01. The van der Waals surface area contributed by atoms with Crippen molar-refractivity contribution in [2.75, 3.05) is 0 Å². The third kappa shape index (κ3) is 3.82. The molecule has 0 bridgehead atoms. The lowest BCUT2D eigenvalue weighted by Gasteiger charge is -2.08. The summed E-state index contributed by atoms with van der Waals surface area (Å²) in [4.78, 5) is 1.24. The van der Waals surface area contributed by atoms with Gasteiger partial charge in [0.1, 0.15) is 0 Å². The quantitative estimate of drug-likeness (QED) is 0.759. The van der Waals surface area contributed by atoms with Gasteiger partial charge in [-0.1, -0.05) is 11.6 Å². The van der Waals surface area contributed by atoms with Gasteiger partial charge in [0.2, 0.25) is 0 Å². The van der Waals surface area contributed by atoms with E-state index >= 15 is 0 Å². The molecule has 0 aliphatic rings. The number of hydrogen-bond acceptors (Lipinski definition) is 2. The van der Waals surface area contributed by atoms with Crippen LogP contribution in [-0.2, 0) is 6.54 Å². The van der Waals surface area contributed by atoms with Gasteiger partial charge in [0, 0.05) is 23.9 Å². The molecule has 0 spiro atoms. The van der Waals surface area contributed by atoms with Gasteiger partial charge < -0.3 is 5.32 Å². The minimum atomic E-state index is 0.367. The first kappa shape index (κ1) is 10.6. The highest BCUT2D eigenvalue weighted by Gasteiger charge is 2.01. The maximum atomic E-state index is 5.80. The van der Waals surface area contributed by atoms with Gasteiger partial charge in [-0.15, -0.1) is 23.7 Å². The minimum Gasteiger partial charge on any atom is -0.308 e. The molecule has 70 valence electrons. The first-order valence-electron chi connectivity index (χ1n) is 4.13. The van der Waals surface area contributed by atoms with Crippen LogP contribution in [-0.4, -0.2) is 6.04 Å². The van der Waals surface area contributed by atoms with Crippen LogP contribution in [0.2, 0.25) is 4.34 Å². The summed E-state index contributed by atoms with van der Waals surface area (Å²) in [5.41, 5.74) is 0. The Morgan fingerprint density at radius 3 is 3.00 bits per heavy atom. The minimum absolute atomic E-state index is 0.367. The monoisotopic (exact) mass is 213 g/mol. The van der Waals surface area contributed by atoms with Crippen LogP contribution in [0.25, 0.3) is 0 Å². The van der Waals surface area contributed by atoms with Gasteiger partial charge in [0.05, 0.1) is 4.34 Å². The van der Waals surface area contributed by atoms with E-state index in [1.165, 1.54) is 4.88 Å². The van der Waals surface area contributed by atoms with Crippen molar-refractivity contribution in [1.29, 1.82) is 0 Å². The van der Waals surface area contributed by atoms with E-state index in [1.54, 1.807) is 11.3 Å². The molecule has 1 rings (SSSR count). The molecule has 1 nitrogen and oxygen atoms in total. The molecule has 0 aliphatic heterocycles. The van der Waals surface area contributed by atoms with Crippen LogP contribution in [0, 0.1) is 12.3 Å². The third-order valence-corrected chi connectivity index (χ3v) is 2.91. The summed E-state index contributed by atoms with van der Waals surface area (Å²) in [5, 5.41) is 3.32. The molecule has 0 saturated carbocycles. The van der Waals surface area contributed by atoms with E-state index in [9.17, 15) is 0 Å². The molecule has 0 aliphatic carbocycles. The molecular formula is C10H12ClNS. The second-order valence-corrected chi connectivity index (χ2v) is 4.70. The topological polar surface area (TPSA) is 12.0 Å². The van der Waals surface area contributed by atoms with Crippen molar-refractivity contribution in [3.8, 4) is 12.3 Å². The zero-order chi connectivity index (χ0) is 9.68. The number of terminal acetylenes is 1. The van der Waals surface area contributed by atoms with Crippen LogP contribution in [0.3, 0.4) is 0 Å². The fraction of sp³-hybridized carbons (Fsp3) is 0.400. The third-order valence-electron chi connectivity index (χ3n) is 1.68. The van der Waals surface area contributed by atoms with Crippen molar-refractivity contribution in [2.24, 2.45) is 0 Å². The smallest absolute Gasteiger partial charge is 0.0931 e. The summed E-state index contributed by atoms with van der Waals surface area (Å²) < 4.78 is 0.835. The van der Waals surface area contributed by atoms with Crippen LogP contribution in [0.15, 0.2) is 12.1 Å². The van der Waals surface area contributed by atoms with Crippen molar-refractivity contribution in [2.45, 2.75) is 25.9 Å². The summed E-state index contributed by atoms with van der Waals surface area (Å²) in [6, 6.07) is 4.31. The van der Waals surface area contributed by atoms with Gasteiger partial charge in [-0.05, 0) is 19.1 Å². The van der Waals surface area contributed by atoms with E-state index in [2.05, 4.69) is 18.2 Å². The van der Waals surface area contributed by atoms with E-state index in [0.717, 1.165) is 17.3 Å². The summed E-state index contributed by atoms with van der Waals surface area (Å²) in [5.74, 6) is 2.62. The summed E-state index contributed by atoms with van der Waals surface area (Å²) in [7, 11) is 0. The molecule has 1 unspecified atom stereocenters. The van der Waals surface area contributed by atoms with E-state index < -0.39 is 0 Å². The number of halogens is 1. The molecule has 0 saturated heterocycles. The summed E-state index contributed by atoms with van der Waals surface area (Å²) in [6.07, 6.45) is 5.96. The van der Waals surface area contributed by atoms with Gasteiger partial charge in [-0.2, -0.15) is 0 Å². The maximum Gasteiger partial charge on any atom is 0.0931 e. The molecule has 3 heteroatoms. The normalized spacial score (nSPS) is 12.4. The Kier molecular flexibility index (Phi) is 4.31. The highest BCUT2D eigenvalue weighted by atomic mass is 35.5. The maximum absolute atomic E-state index is 5.80. The van der Waals surface area contributed by atoms with Crippen molar-refractivity contribution in [3.63, 3.8) is 0 Å². The molecule has 1 atom stereocenters. The van der Waals surface area contributed by atoms with Crippen LogP contribution < -0.4 is 5.32 Å². The molecule has 1 aromatic heterocycles. The van der Waals surface area contributed by atoms with Gasteiger partial charge >= 0.3 is 0 Å². The van der Waals surface area contributed by atoms with E-state index in [0.29, 0.717) is 6.04 Å². The first-order chi connectivity index (χ1) is 6.22. The average molecular weight is 214 g/mol. The average Bonchev–Trinajstić information content (AvgIpc) is 2.49. The molecule has 0 aromatic carbocycles. The number of hydrogen-bond donors (Lipinski definition) is 1. The fourth-order valence-electron chi connectivity index (χ4n) is 0.971. The van der Waals surface area contributed by atoms with Crippen LogP contribution in [0.4, 0.5) is 0 Å². The van der Waals surface area contributed by atoms with Crippen molar-refractivity contribution < 1.29 is 0 Å². The molecule has 1 N–H and O–H groups in total. The molecular weight excluding hydrogens is 202 g/mol. The van der Waals surface area contributed by atoms with Gasteiger partial charge in [0.15, 0.2) is 0 Å². The van der Waals surface area contributed by atoms with Crippen LogP contribution >= 0.6 is 22.9 Å². The SMILES string of the molecule is C#CCC(C)NCc1ccc(Cl)s1. The van der Waals surface area contributed by atoms with E-state index in [-0.39, 0.29) is 0 Å². The molecule has 0 amide bonds. The summed E-state index contributed by atoms with van der Waals surface area (Å²) in [6.45, 7) is 2.93. The Morgan fingerprint density at radius 2 is 2.46 bits per heavy atom. The number of nitrogens with one attached hydrogen (secondary N) is 1. The van der Waals surface area contributed by atoms with Crippen molar-refractivity contribution in [3.05, 3.63) is 21.3 Å². The molecule has 1 aromatic rings. The summed E-state index contributed by atoms with van der Waals surface area (Å²) >= 11 is 7.39. The zero-order valence-corrected chi connectivity index (χ0v) is 9.08. The Hall–Kier alpha value is -0.490. The molecule has 0 fully saturated rings. The molecule has 0 radical (unpaired) electrons. The van der Waals surface area contributed by atoms with Gasteiger partial charge in [-0.25, -0.2) is 0 Å². The molecule has 1 heterocycles. The Labute approximate surface area is 88.1 Å². The standard InChI is InChI=1S/C10H12ClNS/c1-3-4-8(2)12-7-9-5-6-10(11)13-9/h1,5-6,8,12H,4,7H2,2H3. The largest absolute Gasteiger partial charge is 0.308 e. The number of thiophene rings is 1. The lowest BCUT2D eigenvalue weighted by molar-refractivity contribution is 0.563. The van der Waals surface area contributed by atoms with Crippen molar-refractivity contribution >= 4 is 22.9 Å². The highest BCUT2D eigenvalue weighted by molar-refractivity contribution is 7.16. The Bertz CT molecular complexity index is 300. The second-order valence-electron chi connectivity index (χ2n) is 2.90. The van der Waals surface area contributed by atoms with E-state index in [4.69, 9.17) is 18.0 Å². The van der Waals surface area contributed by atoms with Crippen LogP contribution in [0.1, 0.15) is 18.2 Å². The highest BCUT2D eigenvalue weighted by Crippen LogP contribution is 2.21. The van der Waals surface area contributed by atoms with Crippen molar-refractivity contribution in [1.82, 2.24) is 5.32 Å². The van der Waals surface area contributed by atoms with E-state index in [1.807, 2.05) is 12.1 Å².